The number of fused-ring (bicyclic) bond motifs is 1. The predicted octanol–water partition coefficient (Wildman–Crippen LogP) is 4.85. The fourth-order valence-corrected chi connectivity index (χ4v) is 3.00. The average molecular weight is 365 g/mol. The average Bonchev–Trinajstić information content (AvgIpc) is 2.77. The van der Waals surface area contributed by atoms with E-state index in [-0.39, 0.29) is 5.38 Å². The minimum Gasteiger partial charge on any atom is -0.307 e. The predicted molar refractivity (Wildman–Crippen MR) is 89.8 cm³/mol. The lowest BCUT2D eigenvalue weighted by Gasteiger charge is -2.10. The first-order valence-corrected chi connectivity index (χ1v) is 8.00. The molecule has 3 rings (SSSR count). The molecule has 2 heterocycles. The molecule has 0 bridgehead atoms. The van der Waals surface area contributed by atoms with Crippen LogP contribution in [0, 0.1) is 6.92 Å². The van der Waals surface area contributed by atoms with E-state index in [0.717, 1.165) is 27.2 Å². The number of aryl methyl sites for hydroxylation is 1. The smallest absolute Gasteiger partial charge is 0.160 e. The van der Waals surface area contributed by atoms with Gasteiger partial charge in [-0.05, 0) is 43.7 Å². The summed E-state index contributed by atoms with van der Waals surface area (Å²) in [5.74, 6) is 0.852. The van der Waals surface area contributed by atoms with E-state index >= 15 is 0 Å². The van der Waals surface area contributed by atoms with E-state index in [1.807, 2.05) is 38.1 Å². The van der Waals surface area contributed by atoms with Crippen LogP contribution in [0.15, 0.2) is 40.9 Å². The number of alkyl halides is 1. The number of imidazole rings is 1. The number of nitrogens with zero attached hydrogens (tertiary/aromatic N) is 3. The molecular formula is C16H15BrClN3. The lowest BCUT2D eigenvalue weighted by atomic mass is 10.2. The minimum atomic E-state index is -0.161. The Kier molecular flexibility index (Phi) is 4.00. The van der Waals surface area contributed by atoms with Gasteiger partial charge in [0.2, 0.25) is 0 Å². The maximum atomic E-state index is 6.30. The molecule has 0 fully saturated rings. The van der Waals surface area contributed by atoms with Crippen molar-refractivity contribution in [1.29, 1.82) is 0 Å². The number of benzene rings is 1. The maximum Gasteiger partial charge on any atom is 0.160 e. The monoisotopic (exact) mass is 363 g/mol. The highest BCUT2D eigenvalue weighted by molar-refractivity contribution is 9.10. The Morgan fingerprint density at radius 2 is 2.05 bits per heavy atom. The zero-order chi connectivity index (χ0) is 15.0. The summed E-state index contributed by atoms with van der Waals surface area (Å²) in [7, 11) is 0. The topological polar surface area (TPSA) is 30.7 Å². The molecule has 0 spiro atoms. The van der Waals surface area contributed by atoms with Crippen LogP contribution >= 0.6 is 27.5 Å². The van der Waals surface area contributed by atoms with E-state index in [1.165, 1.54) is 5.56 Å². The van der Waals surface area contributed by atoms with E-state index in [0.29, 0.717) is 6.54 Å². The van der Waals surface area contributed by atoms with Gasteiger partial charge in [-0.25, -0.2) is 9.97 Å². The van der Waals surface area contributed by atoms with Crippen LogP contribution < -0.4 is 0 Å². The van der Waals surface area contributed by atoms with Crippen LogP contribution in [0.5, 0.6) is 0 Å². The summed E-state index contributed by atoms with van der Waals surface area (Å²) in [4.78, 5) is 9.26. The molecule has 0 saturated carbocycles. The summed E-state index contributed by atoms with van der Waals surface area (Å²) in [6.45, 7) is 4.63. The van der Waals surface area contributed by atoms with Gasteiger partial charge >= 0.3 is 0 Å². The van der Waals surface area contributed by atoms with E-state index in [1.54, 1.807) is 0 Å². The van der Waals surface area contributed by atoms with Gasteiger partial charge in [-0.3, -0.25) is 0 Å². The van der Waals surface area contributed by atoms with Crippen molar-refractivity contribution in [2.24, 2.45) is 0 Å². The van der Waals surface area contributed by atoms with Crippen LogP contribution in [0.1, 0.15) is 29.4 Å². The number of pyridine rings is 1. The van der Waals surface area contributed by atoms with Crippen LogP contribution in [0.3, 0.4) is 0 Å². The third kappa shape index (κ3) is 2.97. The highest BCUT2D eigenvalue weighted by Crippen LogP contribution is 2.25. The summed E-state index contributed by atoms with van der Waals surface area (Å²) in [6.07, 6.45) is 0. The summed E-state index contributed by atoms with van der Waals surface area (Å²) < 4.78 is 3.16. The molecule has 0 radical (unpaired) electrons. The Labute approximate surface area is 137 Å². The minimum absolute atomic E-state index is 0.161. The van der Waals surface area contributed by atoms with Gasteiger partial charge in [0.1, 0.15) is 11.3 Å². The number of hydrogen-bond donors (Lipinski definition) is 0. The fourth-order valence-electron chi connectivity index (χ4n) is 2.39. The van der Waals surface area contributed by atoms with E-state index in [9.17, 15) is 0 Å². The third-order valence-electron chi connectivity index (χ3n) is 3.35. The van der Waals surface area contributed by atoms with Gasteiger partial charge < -0.3 is 4.57 Å². The zero-order valence-corrected chi connectivity index (χ0v) is 14.2. The van der Waals surface area contributed by atoms with E-state index in [4.69, 9.17) is 11.6 Å². The van der Waals surface area contributed by atoms with Crippen LogP contribution in [0.25, 0.3) is 11.2 Å². The normalized spacial score (nSPS) is 12.8. The second-order valence-corrected chi connectivity index (χ2v) is 6.67. The molecule has 0 N–H and O–H groups in total. The third-order valence-corrected chi connectivity index (χ3v) is 4.03. The quantitative estimate of drug-likeness (QED) is 0.622. The Hall–Kier alpha value is -1.39. The van der Waals surface area contributed by atoms with Crippen LogP contribution in [-0.2, 0) is 6.54 Å². The second-order valence-electron chi connectivity index (χ2n) is 5.10. The van der Waals surface area contributed by atoms with Gasteiger partial charge in [0, 0.05) is 10.2 Å². The number of hydrogen-bond acceptors (Lipinski definition) is 2. The first-order chi connectivity index (χ1) is 10.0. The van der Waals surface area contributed by atoms with E-state index < -0.39 is 0 Å². The highest BCUT2D eigenvalue weighted by Gasteiger charge is 2.16. The van der Waals surface area contributed by atoms with Gasteiger partial charge in [0.05, 0.1) is 11.9 Å². The first-order valence-electron chi connectivity index (χ1n) is 6.77. The summed E-state index contributed by atoms with van der Waals surface area (Å²) in [5.41, 5.74) is 3.94. The molecule has 0 amide bonds. The highest BCUT2D eigenvalue weighted by atomic mass is 79.9. The lowest BCUT2D eigenvalue weighted by Crippen LogP contribution is -2.06. The van der Waals surface area contributed by atoms with Crippen molar-refractivity contribution in [3.05, 3.63) is 58.0 Å². The Bertz CT molecular complexity index is 795. The molecule has 0 aliphatic heterocycles. The van der Waals surface area contributed by atoms with Crippen LogP contribution in [-0.4, -0.2) is 14.5 Å². The number of halogens is 2. The molecule has 21 heavy (non-hydrogen) atoms. The van der Waals surface area contributed by atoms with Crippen LogP contribution in [0.4, 0.5) is 0 Å². The fraction of sp³-hybridized carbons (Fsp3) is 0.250. The Balaban J connectivity index is 2.14. The Morgan fingerprint density at radius 1 is 1.24 bits per heavy atom. The van der Waals surface area contributed by atoms with Crippen molar-refractivity contribution < 1.29 is 0 Å². The standard InChI is InChI=1S/C16H15BrClN3/c1-10-6-7-14-16(19-10)21(15(20-14)11(2)18)9-12-4-3-5-13(17)8-12/h3-8,11H,9H2,1-2H3. The maximum absolute atomic E-state index is 6.30. The number of rotatable bonds is 3. The molecule has 108 valence electrons. The van der Waals surface area contributed by atoms with Gasteiger partial charge in [-0.15, -0.1) is 11.6 Å². The second kappa shape index (κ2) is 5.78. The molecule has 1 unspecified atom stereocenters. The Morgan fingerprint density at radius 3 is 2.76 bits per heavy atom. The molecule has 2 aromatic heterocycles. The molecule has 0 aliphatic carbocycles. The van der Waals surface area contributed by atoms with Crippen molar-refractivity contribution in [1.82, 2.24) is 14.5 Å². The first kappa shape index (κ1) is 14.5. The van der Waals surface area contributed by atoms with Gasteiger partial charge in [-0.2, -0.15) is 0 Å². The van der Waals surface area contributed by atoms with Gasteiger partial charge in [0.25, 0.3) is 0 Å². The molecule has 1 atom stereocenters. The van der Waals surface area contributed by atoms with E-state index in [2.05, 4.69) is 42.6 Å². The SMILES string of the molecule is Cc1ccc2nc(C(C)Cl)n(Cc3cccc(Br)c3)c2n1. The molecule has 0 aliphatic rings. The zero-order valence-electron chi connectivity index (χ0n) is 11.8. The molecule has 3 aromatic rings. The molecule has 1 aromatic carbocycles. The largest absolute Gasteiger partial charge is 0.307 e. The van der Waals surface area contributed by atoms with Crippen LogP contribution in [0.2, 0.25) is 0 Å². The molecule has 3 nitrogen and oxygen atoms in total. The van der Waals surface area contributed by atoms with Crippen molar-refractivity contribution in [2.75, 3.05) is 0 Å². The molecular weight excluding hydrogens is 350 g/mol. The van der Waals surface area contributed by atoms with Crippen molar-refractivity contribution in [3.8, 4) is 0 Å². The summed E-state index contributed by atoms with van der Waals surface area (Å²) >= 11 is 9.81. The molecule has 5 heteroatoms. The van der Waals surface area contributed by atoms with Gasteiger partial charge in [-0.1, -0.05) is 28.1 Å². The summed E-state index contributed by atoms with van der Waals surface area (Å²) in [6, 6.07) is 12.2. The van der Waals surface area contributed by atoms with Gasteiger partial charge in [0.15, 0.2) is 5.65 Å². The lowest BCUT2D eigenvalue weighted by molar-refractivity contribution is 0.735. The van der Waals surface area contributed by atoms with Crippen molar-refractivity contribution in [2.45, 2.75) is 25.8 Å². The van der Waals surface area contributed by atoms with Crippen molar-refractivity contribution >= 4 is 38.7 Å². The number of aromatic nitrogens is 3. The molecule has 0 saturated heterocycles. The summed E-state index contributed by atoms with van der Waals surface area (Å²) in [5, 5.41) is -0.161. The van der Waals surface area contributed by atoms with Crippen molar-refractivity contribution in [3.63, 3.8) is 0 Å².